The molecule has 92 valence electrons. The van der Waals surface area contributed by atoms with Gasteiger partial charge in [0.25, 0.3) is 0 Å². The molecule has 6 N–H and O–H groups in total. The Balaban J connectivity index is 2.67. The van der Waals surface area contributed by atoms with Crippen molar-refractivity contribution in [3.05, 3.63) is 42.0 Å². The van der Waals surface area contributed by atoms with Crippen LogP contribution < -0.4 is 11.5 Å². The topological polar surface area (TPSA) is 110 Å². The van der Waals surface area contributed by atoms with Crippen molar-refractivity contribution in [1.29, 1.82) is 0 Å². The molecule has 2 rings (SSSR count). The Morgan fingerprint density at radius 2 is 1.50 bits per heavy atom. The van der Waals surface area contributed by atoms with Gasteiger partial charge in [0, 0.05) is 28.6 Å². The summed E-state index contributed by atoms with van der Waals surface area (Å²) >= 11 is 0. The largest absolute Gasteiger partial charge is 0.507 e. The lowest BCUT2D eigenvalue weighted by molar-refractivity contribution is 0.0698. The number of hydrogen-bond acceptors (Lipinski definition) is 4. The second-order valence-electron chi connectivity index (χ2n) is 3.89. The fourth-order valence-electron chi connectivity index (χ4n) is 1.75. The lowest BCUT2D eigenvalue weighted by Crippen LogP contribution is -2.01. The fourth-order valence-corrected chi connectivity index (χ4v) is 1.75. The summed E-state index contributed by atoms with van der Waals surface area (Å²) in [5.74, 6) is -1.17. The van der Waals surface area contributed by atoms with Crippen LogP contribution in [0.5, 0.6) is 5.75 Å². The number of carboxylic acid groups (broad SMARTS) is 1. The molecule has 0 aromatic heterocycles. The van der Waals surface area contributed by atoms with Crippen molar-refractivity contribution < 1.29 is 15.0 Å². The number of aromatic carboxylic acids is 1. The van der Waals surface area contributed by atoms with E-state index in [9.17, 15) is 9.90 Å². The molecule has 2 aromatic carbocycles. The SMILES string of the molecule is Nc1ccc(-c2ccc(N)cc2C(=O)O)c(O)c1. The Kier molecular flexibility index (Phi) is 2.81. The molecule has 5 heteroatoms. The van der Waals surface area contributed by atoms with Crippen LogP contribution in [-0.2, 0) is 0 Å². The third-order valence-corrected chi connectivity index (χ3v) is 2.59. The molecule has 0 aliphatic heterocycles. The molecule has 0 spiro atoms. The molecule has 0 saturated carbocycles. The summed E-state index contributed by atoms with van der Waals surface area (Å²) in [6, 6.07) is 9.03. The van der Waals surface area contributed by atoms with E-state index in [0.29, 0.717) is 22.5 Å². The van der Waals surface area contributed by atoms with Crippen LogP contribution in [0.4, 0.5) is 11.4 Å². The lowest BCUT2D eigenvalue weighted by Gasteiger charge is -2.09. The number of anilines is 2. The number of nitrogen functional groups attached to an aromatic ring is 2. The van der Waals surface area contributed by atoms with Crippen molar-refractivity contribution in [2.75, 3.05) is 11.5 Å². The van der Waals surface area contributed by atoms with E-state index in [2.05, 4.69) is 0 Å². The molecule has 0 bridgehead atoms. The van der Waals surface area contributed by atoms with Gasteiger partial charge in [-0.2, -0.15) is 0 Å². The summed E-state index contributed by atoms with van der Waals surface area (Å²) < 4.78 is 0. The van der Waals surface area contributed by atoms with Crippen LogP contribution in [0.1, 0.15) is 10.4 Å². The van der Waals surface area contributed by atoms with Gasteiger partial charge < -0.3 is 21.7 Å². The molecule has 0 radical (unpaired) electrons. The highest BCUT2D eigenvalue weighted by atomic mass is 16.4. The molecule has 5 nitrogen and oxygen atoms in total. The maximum atomic E-state index is 11.2. The zero-order valence-electron chi connectivity index (χ0n) is 9.42. The average molecular weight is 244 g/mol. The van der Waals surface area contributed by atoms with Gasteiger partial charge >= 0.3 is 5.97 Å². The summed E-state index contributed by atoms with van der Waals surface area (Å²) in [4.78, 5) is 11.2. The van der Waals surface area contributed by atoms with Crippen LogP contribution in [0.25, 0.3) is 11.1 Å². The van der Waals surface area contributed by atoms with Crippen molar-refractivity contribution in [2.24, 2.45) is 0 Å². The molecule has 18 heavy (non-hydrogen) atoms. The summed E-state index contributed by atoms with van der Waals surface area (Å²) in [6.45, 7) is 0. The Labute approximate surface area is 103 Å². The van der Waals surface area contributed by atoms with Crippen LogP contribution in [-0.4, -0.2) is 16.2 Å². The van der Waals surface area contributed by atoms with Gasteiger partial charge in [-0.1, -0.05) is 6.07 Å². The molecule has 2 aromatic rings. The highest BCUT2D eigenvalue weighted by molar-refractivity contribution is 5.98. The van der Waals surface area contributed by atoms with Gasteiger partial charge in [0.15, 0.2) is 0 Å². The molecular formula is C13H12N2O3. The van der Waals surface area contributed by atoms with Crippen LogP contribution in [0.3, 0.4) is 0 Å². The number of nitrogens with two attached hydrogens (primary N) is 2. The van der Waals surface area contributed by atoms with Crippen LogP contribution in [0, 0.1) is 0 Å². The third kappa shape index (κ3) is 2.06. The normalized spacial score (nSPS) is 10.2. The number of hydrogen-bond donors (Lipinski definition) is 4. The molecule has 0 aliphatic carbocycles. The second-order valence-corrected chi connectivity index (χ2v) is 3.89. The summed E-state index contributed by atoms with van der Waals surface area (Å²) in [5.41, 5.74) is 12.7. The minimum atomic E-state index is -1.10. The van der Waals surface area contributed by atoms with E-state index in [-0.39, 0.29) is 11.3 Å². The quantitative estimate of drug-likeness (QED) is 0.603. The number of benzene rings is 2. The van der Waals surface area contributed by atoms with E-state index in [4.69, 9.17) is 16.6 Å². The van der Waals surface area contributed by atoms with E-state index in [0.717, 1.165) is 0 Å². The van der Waals surface area contributed by atoms with Crippen molar-refractivity contribution >= 4 is 17.3 Å². The first-order valence-electron chi connectivity index (χ1n) is 5.20. The number of phenols is 1. The Morgan fingerprint density at radius 3 is 2.06 bits per heavy atom. The van der Waals surface area contributed by atoms with Crippen LogP contribution in [0.15, 0.2) is 36.4 Å². The van der Waals surface area contributed by atoms with Gasteiger partial charge in [-0.25, -0.2) is 4.79 Å². The Bertz CT molecular complexity index is 624. The van der Waals surface area contributed by atoms with Gasteiger partial charge in [0.05, 0.1) is 5.56 Å². The van der Waals surface area contributed by atoms with E-state index < -0.39 is 5.97 Å². The number of phenolic OH excluding ortho intramolecular Hbond substituents is 1. The maximum absolute atomic E-state index is 11.2. The van der Waals surface area contributed by atoms with Gasteiger partial charge in [-0.3, -0.25) is 0 Å². The number of carboxylic acids is 1. The second kappa shape index (κ2) is 4.29. The van der Waals surface area contributed by atoms with E-state index in [1.165, 1.54) is 12.1 Å². The molecule has 0 aliphatic rings. The smallest absolute Gasteiger partial charge is 0.336 e. The highest BCUT2D eigenvalue weighted by Gasteiger charge is 2.14. The van der Waals surface area contributed by atoms with Crippen molar-refractivity contribution in [2.45, 2.75) is 0 Å². The van der Waals surface area contributed by atoms with Gasteiger partial charge in [-0.15, -0.1) is 0 Å². The summed E-state index contributed by atoms with van der Waals surface area (Å²) in [5, 5.41) is 19.0. The fraction of sp³-hybridized carbons (Fsp3) is 0. The minimum absolute atomic E-state index is 0.0371. The summed E-state index contributed by atoms with van der Waals surface area (Å²) in [7, 11) is 0. The van der Waals surface area contributed by atoms with Crippen molar-refractivity contribution in [3.8, 4) is 16.9 Å². The lowest BCUT2D eigenvalue weighted by atomic mass is 9.98. The van der Waals surface area contributed by atoms with Gasteiger partial charge in [0.1, 0.15) is 5.75 Å². The molecule has 0 atom stereocenters. The first-order chi connectivity index (χ1) is 8.49. The number of aromatic hydroxyl groups is 1. The highest BCUT2D eigenvalue weighted by Crippen LogP contribution is 2.33. The molecular weight excluding hydrogens is 232 g/mol. The maximum Gasteiger partial charge on any atom is 0.336 e. The number of carbonyl (C=O) groups is 1. The number of rotatable bonds is 2. The van der Waals surface area contributed by atoms with Crippen molar-refractivity contribution in [1.82, 2.24) is 0 Å². The standard InChI is InChI=1S/C13H12N2O3/c14-7-1-3-9(11(5-7)13(17)18)10-4-2-8(15)6-12(10)16/h1-6,16H,14-15H2,(H,17,18). The van der Waals surface area contributed by atoms with Crippen LogP contribution in [0.2, 0.25) is 0 Å². The van der Waals surface area contributed by atoms with Gasteiger partial charge in [0.2, 0.25) is 0 Å². The third-order valence-electron chi connectivity index (χ3n) is 2.59. The zero-order chi connectivity index (χ0) is 13.3. The van der Waals surface area contributed by atoms with E-state index in [1.807, 2.05) is 0 Å². The van der Waals surface area contributed by atoms with Crippen LogP contribution >= 0.6 is 0 Å². The van der Waals surface area contributed by atoms with E-state index in [1.54, 1.807) is 24.3 Å². The van der Waals surface area contributed by atoms with E-state index >= 15 is 0 Å². The summed E-state index contributed by atoms with van der Waals surface area (Å²) in [6.07, 6.45) is 0. The average Bonchev–Trinajstić information content (AvgIpc) is 2.29. The Hall–Kier alpha value is -2.69. The Morgan fingerprint density at radius 1 is 0.944 bits per heavy atom. The minimum Gasteiger partial charge on any atom is -0.507 e. The zero-order valence-corrected chi connectivity index (χ0v) is 9.42. The molecule has 0 unspecified atom stereocenters. The monoisotopic (exact) mass is 244 g/mol. The first-order valence-corrected chi connectivity index (χ1v) is 5.20. The molecule has 0 saturated heterocycles. The van der Waals surface area contributed by atoms with Crippen molar-refractivity contribution in [3.63, 3.8) is 0 Å². The molecule has 0 amide bonds. The molecule has 0 heterocycles. The first kappa shape index (κ1) is 11.8. The van der Waals surface area contributed by atoms with Gasteiger partial charge in [-0.05, 0) is 24.3 Å². The molecule has 0 fully saturated rings. The predicted molar refractivity (Wildman–Crippen MR) is 69.3 cm³/mol. The predicted octanol–water partition coefficient (Wildman–Crippen LogP) is 1.92.